The summed E-state index contributed by atoms with van der Waals surface area (Å²) in [5, 5.41) is 5.42. The molecule has 124 valence electrons. The van der Waals surface area contributed by atoms with Gasteiger partial charge in [-0.15, -0.1) is 0 Å². The minimum atomic E-state index is -0.363. The molecule has 2 rings (SSSR count). The van der Waals surface area contributed by atoms with Crippen molar-refractivity contribution in [2.24, 2.45) is 0 Å². The largest absolute Gasteiger partial charge is 0.336 e. The highest BCUT2D eigenvalue weighted by molar-refractivity contribution is 9.10. The van der Waals surface area contributed by atoms with Gasteiger partial charge < -0.3 is 15.5 Å². The Kier molecular flexibility index (Phi) is 5.73. The van der Waals surface area contributed by atoms with E-state index in [0.717, 1.165) is 20.6 Å². The summed E-state index contributed by atoms with van der Waals surface area (Å²) in [4.78, 5) is 37.4. The first-order chi connectivity index (χ1) is 10.9. The third-order valence-corrected chi connectivity index (χ3v) is 4.03. The van der Waals surface area contributed by atoms with Crippen molar-refractivity contribution in [2.45, 2.75) is 6.92 Å². The van der Waals surface area contributed by atoms with Crippen LogP contribution in [0.4, 0.5) is 10.5 Å². The van der Waals surface area contributed by atoms with E-state index in [-0.39, 0.29) is 30.9 Å². The van der Waals surface area contributed by atoms with Gasteiger partial charge in [-0.25, -0.2) is 4.79 Å². The number of likely N-dealkylation sites (N-methyl/N-ethyl adjacent to an activating group) is 1. The molecular weight excluding hydrogens is 364 g/mol. The minimum Gasteiger partial charge on any atom is -0.336 e. The average Bonchev–Trinajstić information content (AvgIpc) is 2.88. The van der Waals surface area contributed by atoms with Gasteiger partial charge in [0.15, 0.2) is 13.1 Å². The SMILES string of the molecule is Cc1cc(Br)ccc1NC(=O)C[NH+](C)CC(=O)N1CCNC1=O. The van der Waals surface area contributed by atoms with Crippen LogP contribution in [0.3, 0.4) is 0 Å². The van der Waals surface area contributed by atoms with E-state index in [0.29, 0.717) is 13.1 Å². The van der Waals surface area contributed by atoms with Gasteiger partial charge in [0.25, 0.3) is 11.8 Å². The van der Waals surface area contributed by atoms with E-state index in [2.05, 4.69) is 26.6 Å². The smallest absolute Gasteiger partial charge is 0.324 e. The molecule has 0 saturated carbocycles. The summed E-state index contributed by atoms with van der Waals surface area (Å²) in [5.74, 6) is -0.447. The number of anilines is 1. The molecule has 0 bridgehead atoms. The minimum absolute atomic E-state index is 0.0974. The molecule has 7 nitrogen and oxygen atoms in total. The molecule has 0 radical (unpaired) electrons. The molecule has 23 heavy (non-hydrogen) atoms. The summed E-state index contributed by atoms with van der Waals surface area (Å²) < 4.78 is 0.949. The molecule has 4 amide bonds. The van der Waals surface area contributed by atoms with Gasteiger partial charge in [-0.3, -0.25) is 14.5 Å². The first-order valence-corrected chi connectivity index (χ1v) is 8.11. The normalized spacial score (nSPS) is 15.3. The Morgan fingerprint density at radius 1 is 1.39 bits per heavy atom. The van der Waals surface area contributed by atoms with E-state index < -0.39 is 0 Å². The van der Waals surface area contributed by atoms with Gasteiger partial charge in [0.2, 0.25) is 0 Å². The lowest BCUT2D eigenvalue weighted by Gasteiger charge is -2.17. The summed E-state index contributed by atoms with van der Waals surface area (Å²) >= 11 is 3.38. The van der Waals surface area contributed by atoms with Crippen LogP contribution in [0.5, 0.6) is 0 Å². The molecule has 1 atom stereocenters. The van der Waals surface area contributed by atoms with Crippen LogP contribution in [0, 0.1) is 6.92 Å². The number of aryl methyl sites for hydroxylation is 1. The van der Waals surface area contributed by atoms with E-state index in [9.17, 15) is 14.4 Å². The number of imide groups is 1. The zero-order valence-corrected chi connectivity index (χ0v) is 14.7. The Labute approximate surface area is 143 Å². The van der Waals surface area contributed by atoms with Gasteiger partial charge in [-0.2, -0.15) is 0 Å². The third kappa shape index (κ3) is 4.77. The number of halogens is 1. The molecule has 1 aliphatic rings. The maximum atomic E-state index is 12.1. The lowest BCUT2D eigenvalue weighted by molar-refractivity contribution is -0.862. The second-order valence-corrected chi connectivity index (χ2v) is 6.51. The number of rotatable bonds is 5. The highest BCUT2D eigenvalue weighted by Gasteiger charge is 2.28. The summed E-state index contributed by atoms with van der Waals surface area (Å²) in [6.45, 7) is 3.02. The van der Waals surface area contributed by atoms with Gasteiger partial charge >= 0.3 is 6.03 Å². The van der Waals surface area contributed by atoms with E-state index >= 15 is 0 Å². The van der Waals surface area contributed by atoms with Crippen molar-refractivity contribution in [3.63, 3.8) is 0 Å². The van der Waals surface area contributed by atoms with E-state index in [1.165, 1.54) is 4.90 Å². The zero-order valence-electron chi connectivity index (χ0n) is 13.1. The van der Waals surface area contributed by atoms with Crippen molar-refractivity contribution < 1.29 is 19.3 Å². The molecule has 3 N–H and O–H groups in total. The summed E-state index contributed by atoms with van der Waals surface area (Å²) in [7, 11) is 1.75. The number of quaternary nitrogens is 1. The van der Waals surface area contributed by atoms with Crippen LogP contribution in [0.1, 0.15) is 5.56 Å². The number of benzene rings is 1. The van der Waals surface area contributed by atoms with Crippen molar-refractivity contribution >= 4 is 39.5 Å². The second kappa shape index (κ2) is 7.56. The monoisotopic (exact) mass is 383 g/mol. The van der Waals surface area contributed by atoms with Gasteiger partial charge in [0, 0.05) is 23.2 Å². The molecule has 1 fully saturated rings. The van der Waals surface area contributed by atoms with Crippen LogP contribution < -0.4 is 15.5 Å². The molecule has 1 aromatic carbocycles. The lowest BCUT2D eigenvalue weighted by Crippen LogP contribution is -3.11. The number of nitrogens with one attached hydrogen (secondary N) is 3. The van der Waals surface area contributed by atoms with E-state index in [1.54, 1.807) is 7.05 Å². The van der Waals surface area contributed by atoms with Crippen LogP contribution in [-0.2, 0) is 9.59 Å². The number of hydrogen-bond acceptors (Lipinski definition) is 3. The topological polar surface area (TPSA) is 82.9 Å². The fraction of sp³-hybridized carbons (Fsp3) is 0.400. The van der Waals surface area contributed by atoms with Gasteiger partial charge in [0.05, 0.1) is 7.05 Å². The highest BCUT2D eigenvalue weighted by Crippen LogP contribution is 2.19. The fourth-order valence-electron chi connectivity index (χ4n) is 2.36. The van der Waals surface area contributed by atoms with Crippen LogP contribution in [0.25, 0.3) is 0 Å². The van der Waals surface area contributed by atoms with Crippen molar-refractivity contribution in [3.05, 3.63) is 28.2 Å². The number of hydrogen-bond donors (Lipinski definition) is 3. The molecule has 0 aromatic heterocycles. The summed E-state index contributed by atoms with van der Waals surface area (Å²) in [5.41, 5.74) is 1.70. The van der Waals surface area contributed by atoms with E-state index in [4.69, 9.17) is 0 Å². The predicted octanol–water partition coefficient (Wildman–Crippen LogP) is -0.237. The maximum absolute atomic E-state index is 12.1. The molecule has 1 heterocycles. The molecule has 8 heteroatoms. The fourth-order valence-corrected chi connectivity index (χ4v) is 2.84. The predicted molar refractivity (Wildman–Crippen MR) is 89.2 cm³/mol. The van der Waals surface area contributed by atoms with Gasteiger partial charge in [-0.05, 0) is 30.7 Å². The van der Waals surface area contributed by atoms with Crippen LogP contribution >= 0.6 is 15.9 Å². The Morgan fingerprint density at radius 2 is 2.13 bits per heavy atom. The Bertz CT molecular complexity index is 635. The number of carbonyl (C=O) groups is 3. The molecular formula is C15H20BrN4O3+. The molecule has 1 aliphatic heterocycles. The van der Waals surface area contributed by atoms with Crippen LogP contribution in [-0.4, -0.2) is 56.0 Å². The number of nitrogens with zero attached hydrogens (tertiary/aromatic N) is 1. The summed E-state index contributed by atoms with van der Waals surface area (Å²) in [6.07, 6.45) is 0. The number of carbonyl (C=O) groups excluding carboxylic acids is 3. The molecule has 1 unspecified atom stereocenters. The Morgan fingerprint density at radius 3 is 2.74 bits per heavy atom. The first kappa shape index (κ1) is 17.4. The van der Waals surface area contributed by atoms with Gasteiger partial charge in [0.1, 0.15) is 0 Å². The van der Waals surface area contributed by atoms with Crippen molar-refractivity contribution in [1.29, 1.82) is 0 Å². The number of amides is 4. The molecule has 1 aromatic rings. The van der Waals surface area contributed by atoms with Crippen LogP contribution in [0.2, 0.25) is 0 Å². The van der Waals surface area contributed by atoms with Crippen molar-refractivity contribution in [3.8, 4) is 0 Å². The molecule has 1 saturated heterocycles. The standard InChI is InChI=1S/C15H19BrN4O3/c1-10-7-11(16)3-4-12(10)18-13(21)8-19(2)9-14(22)20-6-5-17-15(20)23/h3-4,7H,5-6,8-9H2,1-2H3,(H,17,23)(H,18,21)/p+1. The second-order valence-electron chi connectivity index (χ2n) is 5.60. The van der Waals surface area contributed by atoms with Crippen molar-refractivity contribution in [2.75, 3.05) is 38.5 Å². The Hall–Kier alpha value is -1.93. The quantitative estimate of drug-likeness (QED) is 0.656. The van der Waals surface area contributed by atoms with E-state index in [1.807, 2.05) is 25.1 Å². The zero-order chi connectivity index (χ0) is 17.0. The molecule has 0 spiro atoms. The molecule has 0 aliphatic carbocycles. The number of urea groups is 1. The Balaban J connectivity index is 1.84. The first-order valence-electron chi connectivity index (χ1n) is 7.32. The van der Waals surface area contributed by atoms with Crippen LogP contribution in [0.15, 0.2) is 22.7 Å². The highest BCUT2D eigenvalue weighted by atomic mass is 79.9. The average molecular weight is 384 g/mol. The van der Waals surface area contributed by atoms with Crippen molar-refractivity contribution in [1.82, 2.24) is 10.2 Å². The lowest BCUT2D eigenvalue weighted by atomic mass is 10.2. The maximum Gasteiger partial charge on any atom is 0.324 e. The summed E-state index contributed by atoms with van der Waals surface area (Å²) in [6, 6.07) is 5.24. The third-order valence-electron chi connectivity index (χ3n) is 3.54. The van der Waals surface area contributed by atoms with Gasteiger partial charge in [-0.1, -0.05) is 15.9 Å².